The van der Waals surface area contributed by atoms with Gasteiger partial charge in [-0.3, -0.25) is 9.59 Å². The number of hydrogen-bond acceptors (Lipinski definition) is 2. The molecule has 0 aromatic carbocycles. The molecule has 4 aliphatic carbocycles. The van der Waals surface area contributed by atoms with Gasteiger partial charge in [-0.1, -0.05) is 25.3 Å². The number of carbonyl (C=O) groups excluding carboxylic acids is 2. The monoisotopic (exact) mass is 338 g/mol. The fourth-order valence-electron chi connectivity index (χ4n) is 7.52. The molecule has 0 unspecified atom stereocenters. The van der Waals surface area contributed by atoms with E-state index in [1.54, 1.807) is 6.92 Å². The standard InChI is InChI=1S/C23H30O2/c1-5-23(15(2)24)13-10-20-18-7-6-16-14-17(25)8-11-21(16,3)19(18)9-12-22(20,23)4/h1,14,18-20H,6-13H2,2-4H3/t18-,19+,20+,21+,22+,23-/m1/s1. The normalized spacial score (nSPS) is 48.6. The average molecular weight is 338 g/mol. The number of allylic oxidation sites excluding steroid dienone is 1. The van der Waals surface area contributed by atoms with E-state index < -0.39 is 5.41 Å². The SMILES string of the molecule is C#C[C@]1(C(C)=O)CC[C@H]2[C@@H]3CCC4=CC(=O)CC[C@]4(C)[C@H]3CC[C@@]21C. The molecule has 0 N–H and O–H groups in total. The molecule has 25 heavy (non-hydrogen) atoms. The molecule has 0 aromatic rings. The minimum Gasteiger partial charge on any atom is -0.298 e. The van der Waals surface area contributed by atoms with Crippen molar-refractivity contribution in [3.63, 3.8) is 0 Å². The smallest absolute Gasteiger partial charge is 0.155 e. The molecule has 4 rings (SSSR count). The van der Waals surface area contributed by atoms with Crippen LogP contribution in [0.15, 0.2) is 11.6 Å². The third-order valence-corrected chi connectivity index (χ3v) is 9.00. The topological polar surface area (TPSA) is 34.1 Å². The van der Waals surface area contributed by atoms with Crippen LogP contribution >= 0.6 is 0 Å². The summed E-state index contributed by atoms with van der Waals surface area (Å²) in [5.74, 6) is 5.36. The molecule has 3 saturated carbocycles. The van der Waals surface area contributed by atoms with Gasteiger partial charge < -0.3 is 0 Å². The molecule has 2 heteroatoms. The van der Waals surface area contributed by atoms with E-state index in [4.69, 9.17) is 6.42 Å². The Labute approximate surface area is 151 Å². The first-order valence-electron chi connectivity index (χ1n) is 10.0. The van der Waals surface area contributed by atoms with E-state index >= 15 is 0 Å². The Morgan fingerprint density at radius 2 is 1.84 bits per heavy atom. The van der Waals surface area contributed by atoms with E-state index in [9.17, 15) is 9.59 Å². The van der Waals surface area contributed by atoms with E-state index in [2.05, 4.69) is 19.8 Å². The first-order chi connectivity index (χ1) is 11.8. The van der Waals surface area contributed by atoms with Crippen LogP contribution in [0.2, 0.25) is 0 Å². The number of ketones is 2. The van der Waals surface area contributed by atoms with Gasteiger partial charge in [0.15, 0.2) is 5.78 Å². The lowest BCUT2D eigenvalue weighted by molar-refractivity contribution is -0.134. The summed E-state index contributed by atoms with van der Waals surface area (Å²) in [5.41, 5.74) is 0.996. The predicted octanol–water partition coefficient (Wildman–Crippen LogP) is 4.73. The van der Waals surface area contributed by atoms with Gasteiger partial charge in [0.1, 0.15) is 5.78 Å². The first-order valence-corrected chi connectivity index (χ1v) is 10.0. The summed E-state index contributed by atoms with van der Waals surface area (Å²) in [5, 5.41) is 0. The molecule has 0 aromatic heterocycles. The lowest BCUT2D eigenvalue weighted by Gasteiger charge is -2.59. The molecule has 0 bridgehead atoms. The molecule has 0 heterocycles. The quantitative estimate of drug-likeness (QED) is 0.648. The lowest BCUT2D eigenvalue weighted by Crippen LogP contribution is -2.53. The number of rotatable bonds is 1. The summed E-state index contributed by atoms with van der Waals surface area (Å²) in [6.07, 6.45) is 16.0. The Morgan fingerprint density at radius 1 is 1.12 bits per heavy atom. The van der Waals surface area contributed by atoms with Gasteiger partial charge in [0.05, 0.1) is 5.41 Å². The second kappa shape index (κ2) is 5.32. The van der Waals surface area contributed by atoms with Crippen molar-refractivity contribution < 1.29 is 9.59 Å². The second-order valence-electron chi connectivity index (χ2n) is 9.57. The van der Waals surface area contributed by atoms with Crippen LogP contribution < -0.4 is 0 Å². The fraction of sp³-hybridized carbons (Fsp3) is 0.739. The molecule has 6 atom stereocenters. The van der Waals surface area contributed by atoms with E-state index in [0.717, 1.165) is 44.9 Å². The van der Waals surface area contributed by atoms with Gasteiger partial charge in [-0.05, 0) is 86.5 Å². The zero-order valence-corrected chi connectivity index (χ0v) is 15.9. The molecule has 2 nitrogen and oxygen atoms in total. The van der Waals surface area contributed by atoms with Crippen molar-refractivity contribution in [1.29, 1.82) is 0 Å². The predicted molar refractivity (Wildman–Crippen MR) is 98.7 cm³/mol. The number of Topliss-reactive ketones (excluding diaryl/α,β-unsaturated/α-hetero) is 1. The second-order valence-corrected chi connectivity index (χ2v) is 9.57. The zero-order chi connectivity index (χ0) is 18.0. The van der Waals surface area contributed by atoms with E-state index in [0.29, 0.717) is 30.0 Å². The summed E-state index contributed by atoms with van der Waals surface area (Å²) < 4.78 is 0. The molecule has 4 aliphatic rings. The van der Waals surface area contributed by atoms with Gasteiger partial charge in [-0.15, -0.1) is 6.42 Å². The Balaban J connectivity index is 1.72. The van der Waals surface area contributed by atoms with E-state index in [1.807, 2.05) is 6.08 Å². The number of hydrogen-bond donors (Lipinski definition) is 0. The maximum atomic E-state index is 12.6. The van der Waals surface area contributed by atoms with Crippen LogP contribution in [0, 0.1) is 46.3 Å². The molecule has 134 valence electrons. The van der Waals surface area contributed by atoms with Crippen molar-refractivity contribution in [2.24, 2.45) is 34.0 Å². The maximum Gasteiger partial charge on any atom is 0.155 e. The largest absolute Gasteiger partial charge is 0.298 e. The summed E-state index contributed by atoms with van der Waals surface area (Å²) in [6, 6.07) is 0. The van der Waals surface area contributed by atoms with Crippen molar-refractivity contribution in [1.82, 2.24) is 0 Å². The minimum atomic E-state index is -0.553. The van der Waals surface area contributed by atoms with Crippen molar-refractivity contribution in [3.05, 3.63) is 11.6 Å². The van der Waals surface area contributed by atoms with Gasteiger partial charge in [-0.25, -0.2) is 0 Å². The Kier molecular flexibility index (Phi) is 3.63. The Hall–Kier alpha value is -1.36. The molecule has 3 fully saturated rings. The molecular formula is C23H30O2. The number of terminal acetylenes is 1. The maximum absolute atomic E-state index is 12.6. The summed E-state index contributed by atoms with van der Waals surface area (Å²) >= 11 is 0. The van der Waals surface area contributed by atoms with Crippen molar-refractivity contribution in [3.8, 4) is 12.3 Å². The first kappa shape index (κ1) is 17.1. The highest BCUT2D eigenvalue weighted by Crippen LogP contribution is 2.69. The number of fused-ring (bicyclic) bond motifs is 5. The average Bonchev–Trinajstić information content (AvgIpc) is 2.89. The number of carbonyl (C=O) groups is 2. The highest BCUT2D eigenvalue weighted by atomic mass is 16.1. The van der Waals surface area contributed by atoms with Gasteiger partial charge in [0.2, 0.25) is 0 Å². The van der Waals surface area contributed by atoms with Crippen LogP contribution in [0.1, 0.15) is 72.1 Å². The zero-order valence-electron chi connectivity index (χ0n) is 15.9. The van der Waals surface area contributed by atoms with Crippen LogP contribution in [0.3, 0.4) is 0 Å². The Bertz CT molecular complexity index is 710. The summed E-state index contributed by atoms with van der Waals surface area (Å²) in [6.45, 7) is 6.41. The summed E-state index contributed by atoms with van der Waals surface area (Å²) in [7, 11) is 0. The third-order valence-electron chi connectivity index (χ3n) is 9.00. The van der Waals surface area contributed by atoms with Crippen LogP contribution in [0.4, 0.5) is 0 Å². The van der Waals surface area contributed by atoms with Crippen LogP contribution in [-0.4, -0.2) is 11.6 Å². The van der Waals surface area contributed by atoms with Gasteiger partial charge in [0, 0.05) is 6.42 Å². The van der Waals surface area contributed by atoms with Crippen molar-refractivity contribution in [2.45, 2.75) is 72.1 Å². The summed E-state index contributed by atoms with van der Waals surface area (Å²) in [4.78, 5) is 24.5. The van der Waals surface area contributed by atoms with Gasteiger partial charge in [-0.2, -0.15) is 0 Å². The van der Waals surface area contributed by atoms with E-state index in [-0.39, 0.29) is 16.6 Å². The lowest BCUT2D eigenvalue weighted by atomic mass is 9.45. The third kappa shape index (κ3) is 1.99. The van der Waals surface area contributed by atoms with Crippen LogP contribution in [0.5, 0.6) is 0 Å². The molecular weight excluding hydrogens is 308 g/mol. The highest BCUT2D eigenvalue weighted by molar-refractivity contribution is 5.91. The van der Waals surface area contributed by atoms with E-state index in [1.165, 1.54) is 5.57 Å². The highest BCUT2D eigenvalue weighted by Gasteiger charge is 2.65. The Morgan fingerprint density at radius 3 is 2.52 bits per heavy atom. The van der Waals surface area contributed by atoms with Crippen molar-refractivity contribution in [2.75, 3.05) is 0 Å². The molecule has 0 spiro atoms. The molecule has 0 saturated heterocycles. The molecule has 0 amide bonds. The minimum absolute atomic E-state index is 0.0448. The van der Waals surface area contributed by atoms with Crippen LogP contribution in [0.25, 0.3) is 0 Å². The van der Waals surface area contributed by atoms with Crippen LogP contribution in [-0.2, 0) is 9.59 Å². The van der Waals surface area contributed by atoms with Crippen molar-refractivity contribution >= 4 is 11.6 Å². The van der Waals surface area contributed by atoms with Gasteiger partial charge >= 0.3 is 0 Å². The van der Waals surface area contributed by atoms with Gasteiger partial charge in [0.25, 0.3) is 0 Å². The molecule has 0 aliphatic heterocycles. The fourth-order valence-corrected chi connectivity index (χ4v) is 7.52. The molecule has 0 radical (unpaired) electrons.